The summed E-state index contributed by atoms with van der Waals surface area (Å²) < 4.78 is 53.5. The van der Waals surface area contributed by atoms with Crippen LogP contribution in [-0.2, 0) is 31.6 Å². The third-order valence-corrected chi connectivity index (χ3v) is 8.54. The van der Waals surface area contributed by atoms with Crippen molar-refractivity contribution >= 4 is 34.6 Å². The van der Waals surface area contributed by atoms with Gasteiger partial charge in [0.15, 0.2) is 17.5 Å². The second kappa shape index (κ2) is 9.70. The summed E-state index contributed by atoms with van der Waals surface area (Å²) in [7, 11) is -16.9. The molecular weight excluding hydrogens is 537 g/mol. The Hall–Kier alpha value is -1.60. The first-order valence-electron chi connectivity index (χ1n) is 9.46. The molecule has 7 atom stereocenters. The third kappa shape index (κ3) is 6.22. The Kier molecular flexibility index (Phi) is 7.75. The van der Waals surface area contributed by atoms with E-state index in [2.05, 4.69) is 35.4 Å². The Morgan fingerprint density at radius 2 is 1.83 bits per heavy atom. The van der Waals surface area contributed by atoms with E-state index in [0.717, 1.165) is 6.92 Å². The Bertz CT molecular complexity index is 1320. The summed E-state index contributed by atoms with van der Waals surface area (Å²) in [5.41, 5.74) is -1.77. The molecule has 35 heavy (non-hydrogen) atoms. The molecule has 17 nitrogen and oxygen atoms in total. The summed E-state index contributed by atoms with van der Waals surface area (Å²) in [6, 6.07) is 0. The highest BCUT2D eigenvalue weighted by atomic mass is 31.3. The molecule has 1 aliphatic rings. The van der Waals surface area contributed by atoms with Crippen molar-refractivity contribution in [3.8, 4) is 11.8 Å². The molecule has 0 saturated carbocycles. The van der Waals surface area contributed by atoms with Gasteiger partial charge < -0.3 is 34.5 Å². The molecule has 0 bridgehead atoms. The molecule has 1 saturated heterocycles. The molecule has 0 aromatic carbocycles. The number of fused-ring (bicyclic) bond motifs is 1. The number of imidazole rings is 1. The minimum Gasteiger partial charge on any atom is -0.386 e. The van der Waals surface area contributed by atoms with Crippen molar-refractivity contribution in [2.24, 2.45) is 0 Å². The van der Waals surface area contributed by atoms with E-state index < -0.39 is 53.6 Å². The molecule has 3 rings (SSSR count). The zero-order chi connectivity index (χ0) is 26.4. The second-order valence-corrected chi connectivity index (χ2v) is 11.7. The van der Waals surface area contributed by atoms with Crippen molar-refractivity contribution in [2.45, 2.75) is 50.9 Å². The van der Waals surface area contributed by atoms with Crippen LogP contribution in [0.4, 0.5) is 0 Å². The average Bonchev–Trinajstić information content (AvgIpc) is 3.17. The van der Waals surface area contributed by atoms with Crippen LogP contribution in [0, 0.1) is 18.8 Å². The van der Waals surface area contributed by atoms with Crippen LogP contribution in [-0.4, -0.2) is 73.2 Å². The van der Waals surface area contributed by atoms with E-state index in [1.54, 1.807) is 6.92 Å². The topological polar surface area (TPSA) is 253 Å². The van der Waals surface area contributed by atoms with E-state index in [4.69, 9.17) is 19.0 Å². The number of ether oxygens (including phenoxy) is 1. The molecule has 0 aliphatic carbocycles. The van der Waals surface area contributed by atoms with Gasteiger partial charge in [0, 0.05) is 0 Å². The van der Waals surface area contributed by atoms with Crippen molar-refractivity contribution < 1.29 is 61.4 Å². The smallest absolute Gasteiger partial charge is 0.386 e. The number of phosphoric acid groups is 3. The molecule has 0 radical (unpaired) electrons. The zero-order valence-corrected chi connectivity index (χ0v) is 20.8. The van der Waals surface area contributed by atoms with Crippen LogP contribution in [0.15, 0.2) is 12.5 Å². The molecule has 1 fully saturated rings. The van der Waals surface area contributed by atoms with Crippen molar-refractivity contribution in [1.29, 1.82) is 0 Å². The molecular formula is C15H21N4O13P3. The quantitative estimate of drug-likeness (QED) is 0.182. The fraction of sp³-hybridized carbons (Fsp3) is 0.533. The van der Waals surface area contributed by atoms with Gasteiger partial charge in [-0.15, -0.1) is 5.92 Å². The van der Waals surface area contributed by atoms with Gasteiger partial charge in [0.1, 0.15) is 23.5 Å². The lowest BCUT2D eigenvalue weighted by Crippen LogP contribution is -2.47. The lowest BCUT2D eigenvalue weighted by molar-refractivity contribution is -0.0831. The highest BCUT2D eigenvalue weighted by Crippen LogP contribution is 2.66. The first-order chi connectivity index (χ1) is 16.0. The zero-order valence-electron chi connectivity index (χ0n) is 18.1. The molecule has 6 N–H and O–H groups in total. The standard InChI is InChI=1S/C15H21N4O13P3/c1-4-5-15(21)12(20)11(8(2)30-34(25,26)32-35(27,28)31-33(22,23)24)29-14(15)19-7-17-10-6-16-9(3)18-13(10)19/h6-8,11-12,14,20-21H,1-3H3,(H,25,26)(H,27,28)(H2,22,23,24)/t8-,11+,12-,14+,15?/m0/s1. The van der Waals surface area contributed by atoms with Gasteiger partial charge in [0.25, 0.3) is 0 Å². The predicted molar refractivity (Wildman–Crippen MR) is 113 cm³/mol. The highest BCUT2D eigenvalue weighted by molar-refractivity contribution is 7.66. The summed E-state index contributed by atoms with van der Waals surface area (Å²) in [6.07, 6.45) is -3.88. The van der Waals surface area contributed by atoms with Crippen LogP contribution in [0.5, 0.6) is 0 Å². The van der Waals surface area contributed by atoms with Crippen molar-refractivity contribution in [3.05, 3.63) is 18.3 Å². The lowest BCUT2D eigenvalue weighted by Gasteiger charge is -2.27. The number of nitrogens with zero attached hydrogens (tertiary/aromatic N) is 4. The Balaban J connectivity index is 1.89. The van der Waals surface area contributed by atoms with Gasteiger partial charge in [-0.3, -0.25) is 9.09 Å². The van der Waals surface area contributed by atoms with Crippen molar-refractivity contribution in [1.82, 2.24) is 19.5 Å². The maximum absolute atomic E-state index is 12.2. The molecule has 3 heterocycles. The van der Waals surface area contributed by atoms with Crippen molar-refractivity contribution in [2.75, 3.05) is 0 Å². The summed E-state index contributed by atoms with van der Waals surface area (Å²) in [6.45, 7) is 4.07. The van der Waals surface area contributed by atoms with E-state index in [-0.39, 0.29) is 5.65 Å². The minimum atomic E-state index is -5.76. The maximum atomic E-state index is 12.2. The van der Waals surface area contributed by atoms with Gasteiger partial charge in [-0.05, 0) is 20.8 Å². The second-order valence-electron chi connectivity index (χ2n) is 7.28. The van der Waals surface area contributed by atoms with E-state index in [1.165, 1.54) is 24.0 Å². The summed E-state index contributed by atoms with van der Waals surface area (Å²) >= 11 is 0. The van der Waals surface area contributed by atoms with Crippen LogP contribution >= 0.6 is 23.5 Å². The van der Waals surface area contributed by atoms with Gasteiger partial charge in [-0.1, -0.05) is 5.92 Å². The summed E-state index contributed by atoms with van der Waals surface area (Å²) in [5, 5.41) is 22.0. The Morgan fingerprint density at radius 3 is 2.43 bits per heavy atom. The summed E-state index contributed by atoms with van der Waals surface area (Å²) in [5.74, 6) is 5.25. The van der Waals surface area contributed by atoms with E-state index in [1.807, 2.05) is 0 Å². The number of hydrogen-bond donors (Lipinski definition) is 6. The van der Waals surface area contributed by atoms with Gasteiger partial charge in [-0.25, -0.2) is 28.6 Å². The molecule has 0 amide bonds. The fourth-order valence-electron chi connectivity index (χ4n) is 3.36. The highest BCUT2D eigenvalue weighted by Gasteiger charge is 2.58. The molecule has 2 aromatic heterocycles. The largest absolute Gasteiger partial charge is 0.490 e. The average molecular weight is 558 g/mol. The van der Waals surface area contributed by atoms with Crippen LogP contribution in [0.1, 0.15) is 25.9 Å². The number of aliphatic hydroxyl groups is 2. The molecule has 3 unspecified atom stereocenters. The number of rotatable bonds is 8. The SMILES string of the molecule is CC#CC1(O)[C@@H](O)[C@@H]([C@H](C)OP(=O)(O)OP(=O)(O)OP(=O)(O)O)O[C@H]1n1cnc2cnc(C)nc21. The van der Waals surface area contributed by atoms with Gasteiger partial charge in [0.2, 0.25) is 0 Å². The maximum Gasteiger partial charge on any atom is 0.490 e. The summed E-state index contributed by atoms with van der Waals surface area (Å²) in [4.78, 5) is 48.7. The number of phosphoric ester groups is 1. The molecule has 194 valence electrons. The van der Waals surface area contributed by atoms with Crippen LogP contribution in [0.2, 0.25) is 0 Å². The van der Waals surface area contributed by atoms with Gasteiger partial charge >= 0.3 is 23.5 Å². The first kappa shape index (κ1) is 28.0. The van der Waals surface area contributed by atoms with E-state index in [9.17, 15) is 33.7 Å². The number of aliphatic hydroxyl groups excluding tert-OH is 1. The van der Waals surface area contributed by atoms with Crippen LogP contribution in [0.25, 0.3) is 11.2 Å². The molecule has 20 heteroatoms. The Labute approximate surface area is 197 Å². The Morgan fingerprint density at radius 1 is 1.17 bits per heavy atom. The molecule has 0 spiro atoms. The molecule has 1 aliphatic heterocycles. The van der Waals surface area contributed by atoms with Crippen molar-refractivity contribution in [3.63, 3.8) is 0 Å². The third-order valence-electron chi connectivity index (χ3n) is 4.62. The minimum absolute atomic E-state index is 0.215. The van der Waals surface area contributed by atoms with E-state index in [0.29, 0.717) is 11.3 Å². The normalized spacial score (nSPS) is 29.2. The lowest BCUT2D eigenvalue weighted by atomic mass is 9.93. The van der Waals surface area contributed by atoms with Crippen LogP contribution < -0.4 is 0 Å². The first-order valence-corrected chi connectivity index (χ1v) is 14.0. The predicted octanol–water partition coefficient (Wildman–Crippen LogP) is -0.121. The van der Waals surface area contributed by atoms with Gasteiger partial charge in [0.05, 0.1) is 18.6 Å². The number of aromatic nitrogens is 4. The monoisotopic (exact) mass is 558 g/mol. The number of hydrogen-bond acceptors (Lipinski definition) is 12. The van der Waals surface area contributed by atoms with Crippen LogP contribution in [0.3, 0.4) is 0 Å². The fourth-order valence-corrected chi connectivity index (χ4v) is 6.56. The molecule has 2 aromatic rings. The van der Waals surface area contributed by atoms with Gasteiger partial charge in [-0.2, -0.15) is 8.62 Å². The van der Waals surface area contributed by atoms with E-state index >= 15 is 0 Å². The number of aryl methyl sites for hydroxylation is 1.